The Balaban J connectivity index is 1.95. The van der Waals surface area contributed by atoms with Gasteiger partial charge in [0.05, 0.1) is 31.8 Å². The van der Waals surface area contributed by atoms with E-state index in [-0.39, 0.29) is 13.1 Å². The molecule has 0 aliphatic carbocycles. The van der Waals surface area contributed by atoms with Gasteiger partial charge in [0.15, 0.2) is 0 Å². The topological polar surface area (TPSA) is 90.9 Å². The molecule has 1 aromatic heterocycles. The van der Waals surface area contributed by atoms with Gasteiger partial charge in [0.25, 0.3) is 0 Å². The second-order valence-electron chi connectivity index (χ2n) is 8.17. The van der Waals surface area contributed by atoms with Crippen molar-refractivity contribution >= 4 is 10.0 Å². The number of sulfonamides is 1. The molecule has 0 aliphatic rings. The van der Waals surface area contributed by atoms with Crippen LogP contribution in [0.25, 0.3) is 0 Å². The minimum atomic E-state index is -3.83. The summed E-state index contributed by atoms with van der Waals surface area (Å²) < 4.78 is 45.8. The molecule has 0 amide bonds. The Bertz CT molecular complexity index is 1120. The zero-order valence-corrected chi connectivity index (χ0v) is 21.7. The van der Waals surface area contributed by atoms with E-state index in [9.17, 15) is 8.42 Å². The summed E-state index contributed by atoms with van der Waals surface area (Å²) in [6, 6.07) is 14.8. The van der Waals surface area contributed by atoms with Gasteiger partial charge in [-0.05, 0) is 56.2 Å². The van der Waals surface area contributed by atoms with Crippen molar-refractivity contribution in [2.45, 2.75) is 45.2 Å². The van der Waals surface area contributed by atoms with E-state index >= 15 is 0 Å². The lowest BCUT2D eigenvalue weighted by atomic mass is 10.2. The summed E-state index contributed by atoms with van der Waals surface area (Å²) in [5.41, 5.74) is 2.93. The van der Waals surface area contributed by atoms with Crippen molar-refractivity contribution in [1.29, 1.82) is 0 Å². The van der Waals surface area contributed by atoms with Crippen LogP contribution >= 0.6 is 0 Å². The van der Waals surface area contributed by atoms with Crippen LogP contribution in [-0.4, -0.2) is 48.8 Å². The first kappa shape index (κ1) is 26.6. The predicted molar refractivity (Wildman–Crippen MR) is 135 cm³/mol. The van der Waals surface area contributed by atoms with Gasteiger partial charge in [0.2, 0.25) is 10.0 Å². The molecular weight excluding hydrogens is 466 g/mol. The third-order valence-electron chi connectivity index (χ3n) is 5.73. The van der Waals surface area contributed by atoms with E-state index < -0.39 is 21.4 Å². The van der Waals surface area contributed by atoms with Gasteiger partial charge in [-0.3, -0.25) is 9.97 Å². The Labute approximate surface area is 207 Å². The summed E-state index contributed by atoms with van der Waals surface area (Å²) in [6.07, 6.45) is 2.44. The molecule has 0 radical (unpaired) electrons. The van der Waals surface area contributed by atoms with Crippen LogP contribution in [0.4, 0.5) is 0 Å². The Hall–Kier alpha value is -3.01. The van der Waals surface area contributed by atoms with Gasteiger partial charge >= 0.3 is 0 Å². The lowest BCUT2D eigenvalue weighted by Crippen LogP contribution is -2.40. The Morgan fingerprint density at radius 3 is 1.77 bits per heavy atom. The van der Waals surface area contributed by atoms with Gasteiger partial charge in [0, 0.05) is 25.9 Å². The molecule has 0 aliphatic heterocycles. The molecule has 1 heterocycles. The molecule has 0 spiro atoms. The maximum Gasteiger partial charge on any atom is 0.220 e. The maximum atomic E-state index is 14.0. The quantitative estimate of drug-likeness (QED) is 0.367. The second kappa shape index (κ2) is 12.1. The molecule has 2 atom stereocenters. The Kier molecular flexibility index (Phi) is 9.20. The van der Waals surface area contributed by atoms with Crippen molar-refractivity contribution in [3.63, 3.8) is 0 Å². The Morgan fingerprint density at radius 2 is 1.37 bits per heavy atom. The van der Waals surface area contributed by atoms with E-state index in [1.165, 1.54) is 4.31 Å². The molecule has 0 fully saturated rings. The highest BCUT2D eigenvalue weighted by Gasteiger charge is 2.37. The number of aryl methyl sites for hydroxylation is 1. The van der Waals surface area contributed by atoms with Crippen molar-refractivity contribution in [3.05, 3.63) is 83.4 Å². The summed E-state index contributed by atoms with van der Waals surface area (Å²) in [5.74, 6) is 1.42. The lowest BCUT2D eigenvalue weighted by Gasteiger charge is -2.30. The highest BCUT2D eigenvalue weighted by Crippen LogP contribution is 2.29. The second-order valence-corrected chi connectivity index (χ2v) is 10.5. The molecular formula is C26H33N3O5S. The summed E-state index contributed by atoms with van der Waals surface area (Å²) >= 11 is 0. The molecule has 3 aromatic rings. The first-order valence-corrected chi connectivity index (χ1v) is 12.9. The van der Waals surface area contributed by atoms with Gasteiger partial charge in [-0.15, -0.1) is 0 Å². The van der Waals surface area contributed by atoms with Crippen LogP contribution in [-0.2, 0) is 27.8 Å². The van der Waals surface area contributed by atoms with E-state index in [1.54, 1.807) is 33.5 Å². The predicted octanol–water partition coefficient (Wildman–Crippen LogP) is 4.30. The van der Waals surface area contributed by atoms with Gasteiger partial charge in [0.1, 0.15) is 22.9 Å². The highest BCUT2D eigenvalue weighted by atomic mass is 32.2. The average Bonchev–Trinajstić information content (AvgIpc) is 2.88. The normalized spacial score (nSPS) is 13.4. The van der Waals surface area contributed by atoms with E-state index in [1.807, 2.05) is 62.4 Å². The largest absolute Gasteiger partial charge is 0.497 e. The van der Waals surface area contributed by atoms with Crippen LogP contribution in [0.5, 0.6) is 11.5 Å². The van der Waals surface area contributed by atoms with Crippen LogP contribution in [0.15, 0.2) is 60.9 Å². The minimum Gasteiger partial charge on any atom is -0.497 e. The minimum absolute atomic E-state index is 0.196. The average molecular weight is 500 g/mol. The number of benzene rings is 2. The van der Waals surface area contributed by atoms with E-state index in [0.717, 1.165) is 16.8 Å². The lowest BCUT2D eigenvalue weighted by molar-refractivity contribution is 0.0573. The third-order valence-corrected chi connectivity index (χ3v) is 7.90. The number of ether oxygens (including phenoxy) is 3. The molecule has 9 heteroatoms. The zero-order valence-electron chi connectivity index (χ0n) is 20.8. The van der Waals surface area contributed by atoms with Crippen molar-refractivity contribution < 1.29 is 22.6 Å². The Morgan fingerprint density at radius 1 is 0.857 bits per heavy atom. The first-order valence-electron chi connectivity index (χ1n) is 11.4. The summed E-state index contributed by atoms with van der Waals surface area (Å²) in [6.45, 7) is 6.06. The third kappa shape index (κ3) is 6.78. The monoisotopic (exact) mass is 499 g/mol. The molecule has 2 aromatic carbocycles. The molecule has 35 heavy (non-hydrogen) atoms. The number of methoxy groups -OCH3 is 2. The van der Waals surface area contributed by atoms with Crippen LogP contribution in [0.3, 0.4) is 0 Å². The number of hydrogen-bond donors (Lipinski definition) is 0. The summed E-state index contributed by atoms with van der Waals surface area (Å²) in [4.78, 5) is 8.68. The molecule has 0 saturated carbocycles. The van der Waals surface area contributed by atoms with Crippen LogP contribution in [0, 0.1) is 6.92 Å². The fourth-order valence-corrected chi connectivity index (χ4v) is 5.35. The molecule has 188 valence electrons. The summed E-state index contributed by atoms with van der Waals surface area (Å²) in [5, 5.41) is -0.893. The van der Waals surface area contributed by atoms with Crippen molar-refractivity contribution in [3.8, 4) is 11.5 Å². The zero-order chi connectivity index (χ0) is 25.4. The first-order chi connectivity index (χ1) is 16.8. The van der Waals surface area contributed by atoms with Crippen LogP contribution in [0.1, 0.15) is 42.5 Å². The standard InChI is InChI=1S/C26H33N3O5S/c1-6-34-26(25-16-27-19(2)15-28-25)20(3)35(30,31)29(17-21-7-11-23(32-4)12-8-21)18-22-9-13-24(33-5)14-10-22/h7-16,20,26H,6,17-18H2,1-5H3/t20-,26+/m0/s1. The number of aromatic nitrogens is 2. The van der Waals surface area contributed by atoms with Crippen molar-refractivity contribution in [2.75, 3.05) is 20.8 Å². The van der Waals surface area contributed by atoms with Gasteiger partial charge in [-0.2, -0.15) is 4.31 Å². The number of hydrogen-bond acceptors (Lipinski definition) is 7. The molecule has 0 N–H and O–H groups in total. The fourth-order valence-electron chi connectivity index (χ4n) is 3.69. The molecule has 0 saturated heterocycles. The number of rotatable bonds is 12. The smallest absolute Gasteiger partial charge is 0.220 e. The van der Waals surface area contributed by atoms with Gasteiger partial charge in [-0.25, -0.2) is 8.42 Å². The van der Waals surface area contributed by atoms with E-state index in [4.69, 9.17) is 14.2 Å². The highest BCUT2D eigenvalue weighted by molar-refractivity contribution is 7.89. The van der Waals surface area contributed by atoms with Crippen molar-refractivity contribution in [1.82, 2.24) is 14.3 Å². The maximum absolute atomic E-state index is 14.0. The molecule has 8 nitrogen and oxygen atoms in total. The number of nitrogens with zero attached hydrogens (tertiary/aromatic N) is 3. The fraction of sp³-hybridized carbons (Fsp3) is 0.385. The SMILES string of the molecule is CCO[C@@H](c1cnc(C)cn1)[C@H](C)S(=O)(=O)N(Cc1ccc(OC)cc1)Cc1ccc(OC)cc1. The van der Waals surface area contributed by atoms with Crippen LogP contribution in [0.2, 0.25) is 0 Å². The molecule has 0 unspecified atom stereocenters. The summed E-state index contributed by atoms with van der Waals surface area (Å²) in [7, 11) is -0.638. The van der Waals surface area contributed by atoms with Gasteiger partial charge in [-0.1, -0.05) is 24.3 Å². The van der Waals surface area contributed by atoms with Crippen LogP contribution < -0.4 is 9.47 Å². The molecule has 3 rings (SSSR count). The van der Waals surface area contributed by atoms with E-state index in [2.05, 4.69) is 9.97 Å². The van der Waals surface area contributed by atoms with E-state index in [0.29, 0.717) is 23.8 Å². The van der Waals surface area contributed by atoms with Crippen molar-refractivity contribution in [2.24, 2.45) is 0 Å². The molecule has 0 bridgehead atoms. The van der Waals surface area contributed by atoms with Gasteiger partial charge < -0.3 is 14.2 Å².